The van der Waals surface area contributed by atoms with E-state index in [0.29, 0.717) is 5.52 Å². The number of aromatic nitrogens is 3. The van der Waals surface area contributed by atoms with Gasteiger partial charge in [-0.25, -0.2) is 4.68 Å². The topological polar surface area (TPSA) is 50.7 Å². The molecule has 0 radical (unpaired) electrons. The summed E-state index contributed by atoms with van der Waals surface area (Å²) in [7, 11) is 0. The zero-order chi connectivity index (χ0) is 19.7. The molecule has 4 heteroatoms. The molecule has 5 aromatic rings. The van der Waals surface area contributed by atoms with Crippen LogP contribution in [0.2, 0.25) is 0 Å². The lowest BCUT2D eigenvalue weighted by atomic mass is 9.77. The summed E-state index contributed by atoms with van der Waals surface area (Å²) < 4.78 is 2.01. The van der Waals surface area contributed by atoms with Gasteiger partial charge < -0.3 is 4.98 Å². The van der Waals surface area contributed by atoms with Gasteiger partial charge in [0, 0.05) is 6.07 Å². The van der Waals surface area contributed by atoms with Crippen LogP contribution in [-0.4, -0.2) is 14.8 Å². The molecule has 5 rings (SSSR count). The monoisotopic (exact) mass is 377 g/mol. The van der Waals surface area contributed by atoms with Crippen LogP contribution in [0.3, 0.4) is 0 Å². The molecule has 0 aliphatic heterocycles. The molecule has 4 nitrogen and oxygen atoms in total. The molecule has 2 heterocycles. The van der Waals surface area contributed by atoms with E-state index in [1.54, 1.807) is 12.3 Å². The molecule has 0 saturated carbocycles. The summed E-state index contributed by atoms with van der Waals surface area (Å²) >= 11 is 0. The first-order valence-electron chi connectivity index (χ1n) is 9.54. The number of benzene rings is 3. The number of aromatic amines is 1. The highest BCUT2D eigenvalue weighted by Crippen LogP contribution is 2.41. The van der Waals surface area contributed by atoms with Crippen LogP contribution < -0.4 is 5.56 Å². The average Bonchev–Trinajstić information content (AvgIpc) is 3.20. The summed E-state index contributed by atoms with van der Waals surface area (Å²) in [6.07, 6.45) is 1.72. The van der Waals surface area contributed by atoms with E-state index >= 15 is 0 Å². The number of pyridine rings is 1. The Hall–Kier alpha value is -3.92. The minimum absolute atomic E-state index is 0.137. The van der Waals surface area contributed by atoms with E-state index in [4.69, 9.17) is 5.10 Å². The Labute approximate surface area is 168 Å². The van der Waals surface area contributed by atoms with Crippen molar-refractivity contribution in [3.05, 3.63) is 136 Å². The number of hydrogen-bond acceptors (Lipinski definition) is 2. The van der Waals surface area contributed by atoms with Crippen LogP contribution in [-0.2, 0) is 5.54 Å². The molecule has 0 saturated heterocycles. The van der Waals surface area contributed by atoms with Gasteiger partial charge in [-0.3, -0.25) is 4.79 Å². The summed E-state index contributed by atoms with van der Waals surface area (Å²) in [5.41, 5.74) is 4.02. The minimum Gasteiger partial charge on any atom is -0.319 e. The van der Waals surface area contributed by atoms with Gasteiger partial charge in [0.1, 0.15) is 5.54 Å². The van der Waals surface area contributed by atoms with Crippen LogP contribution in [0.5, 0.6) is 0 Å². The third-order valence-corrected chi connectivity index (χ3v) is 5.35. The molecule has 0 atom stereocenters. The molecule has 0 aliphatic rings. The lowest BCUT2D eigenvalue weighted by Crippen LogP contribution is -2.38. The van der Waals surface area contributed by atoms with Crippen molar-refractivity contribution in [3.8, 4) is 0 Å². The third-order valence-electron chi connectivity index (χ3n) is 5.35. The van der Waals surface area contributed by atoms with Gasteiger partial charge in [0.2, 0.25) is 5.56 Å². The molecule has 0 aliphatic carbocycles. The Morgan fingerprint density at radius 1 is 0.655 bits per heavy atom. The fraction of sp³-hybridized carbons (Fsp3) is 0.0400. The summed E-state index contributed by atoms with van der Waals surface area (Å²) in [6, 6.07) is 34.5. The average molecular weight is 377 g/mol. The first kappa shape index (κ1) is 17.2. The van der Waals surface area contributed by atoms with Gasteiger partial charge in [0.15, 0.2) is 0 Å². The predicted molar refractivity (Wildman–Crippen MR) is 115 cm³/mol. The van der Waals surface area contributed by atoms with Crippen LogP contribution >= 0.6 is 0 Å². The first-order chi connectivity index (χ1) is 14.3. The summed E-state index contributed by atoms with van der Waals surface area (Å²) in [5, 5.41) is 4.78. The zero-order valence-corrected chi connectivity index (χ0v) is 15.7. The SMILES string of the molecule is O=c1ccc2c(cnn2C(c2ccccc2)(c2ccccc2)c2ccccc2)[nH]1. The Balaban J connectivity index is 1.97. The summed E-state index contributed by atoms with van der Waals surface area (Å²) in [4.78, 5) is 14.8. The van der Waals surface area contributed by atoms with Gasteiger partial charge in [-0.15, -0.1) is 0 Å². The lowest BCUT2D eigenvalue weighted by molar-refractivity contribution is 0.476. The van der Waals surface area contributed by atoms with Gasteiger partial charge in [-0.1, -0.05) is 91.0 Å². The highest BCUT2D eigenvalue weighted by atomic mass is 16.1. The van der Waals surface area contributed by atoms with Crippen molar-refractivity contribution < 1.29 is 0 Å². The molecule has 29 heavy (non-hydrogen) atoms. The van der Waals surface area contributed by atoms with Crippen molar-refractivity contribution in [2.24, 2.45) is 0 Å². The fourth-order valence-corrected chi connectivity index (χ4v) is 4.12. The Kier molecular flexibility index (Phi) is 4.10. The Bertz CT molecular complexity index is 1210. The third kappa shape index (κ3) is 2.69. The van der Waals surface area contributed by atoms with Crippen LogP contribution in [0.1, 0.15) is 16.7 Å². The normalized spacial score (nSPS) is 11.6. The van der Waals surface area contributed by atoms with E-state index in [2.05, 4.69) is 41.4 Å². The summed E-state index contributed by atoms with van der Waals surface area (Å²) in [5.74, 6) is 0. The van der Waals surface area contributed by atoms with Crippen molar-refractivity contribution in [1.82, 2.24) is 14.8 Å². The molecule has 1 N–H and O–H groups in total. The molecule has 0 fully saturated rings. The number of rotatable bonds is 4. The largest absolute Gasteiger partial charge is 0.319 e. The van der Waals surface area contributed by atoms with Crippen molar-refractivity contribution in [2.45, 2.75) is 5.54 Å². The zero-order valence-electron chi connectivity index (χ0n) is 15.7. The molecular weight excluding hydrogens is 358 g/mol. The quantitative estimate of drug-likeness (QED) is 0.467. The fourth-order valence-electron chi connectivity index (χ4n) is 4.12. The maximum atomic E-state index is 11.9. The number of nitrogens with zero attached hydrogens (tertiary/aromatic N) is 2. The maximum Gasteiger partial charge on any atom is 0.248 e. The molecule has 0 spiro atoms. The van der Waals surface area contributed by atoms with E-state index in [-0.39, 0.29) is 5.56 Å². The minimum atomic E-state index is -0.691. The molecule has 0 unspecified atom stereocenters. The highest BCUT2D eigenvalue weighted by molar-refractivity contribution is 5.75. The van der Waals surface area contributed by atoms with Crippen molar-refractivity contribution in [2.75, 3.05) is 0 Å². The molecular formula is C25H19N3O. The van der Waals surface area contributed by atoms with Crippen molar-refractivity contribution in [3.63, 3.8) is 0 Å². The van der Waals surface area contributed by atoms with Gasteiger partial charge in [0.05, 0.1) is 17.2 Å². The maximum absolute atomic E-state index is 11.9. The standard InChI is InChI=1S/C25H19N3O/c29-24-17-16-23-22(27-24)18-26-28(23)25(19-10-4-1-5-11-19,20-12-6-2-7-13-20)21-14-8-3-9-15-21/h1-18H,(H,27,29). The second kappa shape index (κ2) is 6.91. The Morgan fingerprint density at radius 3 is 1.62 bits per heavy atom. The molecule has 2 aromatic heterocycles. The second-order valence-corrected chi connectivity index (χ2v) is 6.99. The van der Waals surface area contributed by atoms with E-state index in [1.165, 1.54) is 0 Å². The molecule has 3 aromatic carbocycles. The number of H-pyrrole nitrogens is 1. The highest BCUT2D eigenvalue weighted by Gasteiger charge is 2.40. The molecule has 0 amide bonds. The smallest absolute Gasteiger partial charge is 0.248 e. The molecule has 140 valence electrons. The van der Waals surface area contributed by atoms with E-state index < -0.39 is 5.54 Å². The van der Waals surface area contributed by atoms with Gasteiger partial charge >= 0.3 is 0 Å². The first-order valence-corrected chi connectivity index (χ1v) is 9.54. The second-order valence-electron chi connectivity index (χ2n) is 6.99. The van der Waals surface area contributed by atoms with Crippen LogP contribution in [0.4, 0.5) is 0 Å². The summed E-state index contributed by atoms with van der Waals surface area (Å²) in [6.45, 7) is 0. The number of nitrogens with one attached hydrogen (secondary N) is 1. The van der Waals surface area contributed by atoms with E-state index in [9.17, 15) is 4.79 Å². The van der Waals surface area contributed by atoms with Gasteiger partial charge in [0.25, 0.3) is 0 Å². The van der Waals surface area contributed by atoms with Crippen LogP contribution in [0.25, 0.3) is 11.0 Å². The van der Waals surface area contributed by atoms with Gasteiger partial charge in [-0.2, -0.15) is 5.10 Å². The van der Waals surface area contributed by atoms with Gasteiger partial charge in [-0.05, 0) is 22.8 Å². The molecule has 0 bridgehead atoms. The van der Waals surface area contributed by atoms with Crippen LogP contribution in [0, 0.1) is 0 Å². The van der Waals surface area contributed by atoms with E-state index in [0.717, 1.165) is 22.2 Å². The number of hydrogen-bond donors (Lipinski definition) is 1. The van der Waals surface area contributed by atoms with Crippen molar-refractivity contribution in [1.29, 1.82) is 0 Å². The Morgan fingerprint density at radius 2 is 1.14 bits per heavy atom. The number of fused-ring (bicyclic) bond motifs is 1. The van der Waals surface area contributed by atoms with E-state index in [1.807, 2.05) is 65.3 Å². The van der Waals surface area contributed by atoms with Crippen molar-refractivity contribution >= 4 is 11.0 Å². The lowest BCUT2D eigenvalue weighted by Gasteiger charge is -2.36. The van der Waals surface area contributed by atoms with Crippen LogP contribution in [0.15, 0.2) is 114 Å². The predicted octanol–water partition coefficient (Wildman–Crippen LogP) is 4.56.